The molecule has 1 aliphatic rings. The summed E-state index contributed by atoms with van der Waals surface area (Å²) in [5, 5.41) is 18.9. The molecule has 1 aliphatic heterocycles. The Bertz CT molecular complexity index is 826. The van der Waals surface area contributed by atoms with Crippen molar-refractivity contribution in [1.82, 2.24) is 20.4 Å². The van der Waals surface area contributed by atoms with E-state index in [1.165, 1.54) is 0 Å². The first-order valence-corrected chi connectivity index (χ1v) is 7.77. The zero-order chi connectivity index (χ0) is 15.6. The fraction of sp³-hybridized carbons (Fsp3) is 0.375. The van der Waals surface area contributed by atoms with Gasteiger partial charge in [0.15, 0.2) is 11.5 Å². The molecule has 0 amide bonds. The van der Waals surface area contributed by atoms with Crippen LogP contribution in [0.1, 0.15) is 12.8 Å². The van der Waals surface area contributed by atoms with E-state index in [0.29, 0.717) is 37.1 Å². The normalized spacial score (nSPS) is 15.3. The van der Waals surface area contributed by atoms with Gasteiger partial charge in [0.05, 0.1) is 13.2 Å². The van der Waals surface area contributed by atoms with Crippen LogP contribution in [0.25, 0.3) is 22.4 Å². The molecule has 4 rings (SSSR count). The molecular formula is C16H17N5O2. The van der Waals surface area contributed by atoms with Crippen LogP contribution in [0.3, 0.4) is 0 Å². The lowest BCUT2D eigenvalue weighted by molar-refractivity contribution is 0.122. The lowest BCUT2D eigenvalue weighted by atomic mass is 10.1. The van der Waals surface area contributed by atoms with Crippen LogP contribution in [0.2, 0.25) is 0 Å². The van der Waals surface area contributed by atoms with Gasteiger partial charge in [0.1, 0.15) is 0 Å². The molecular weight excluding hydrogens is 294 g/mol. The first-order valence-electron chi connectivity index (χ1n) is 7.77. The monoisotopic (exact) mass is 311 g/mol. The van der Waals surface area contributed by atoms with Gasteiger partial charge in [0, 0.05) is 30.3 Å². The van der Waals surface area contributed by atoms with Crippen molar-refractivity contribution in [2.45, 2.75) is 13.3 Å². The smallest absolute Gasteiger partial charge is 0.268 e. The van der Waals surface area contributed by atoms with Crippen molar-refractivity contribution in [3.63, 3.8) is 0 Å². The maximum Gasteiger partial charge on any atom is 0.268 e. The van der Waals surface area contributed by atoms with E-state index in [1.54, 1.807) is 0 Å². The lowest BCUT2D eigenvalue weighted by Gasteiger charge is -2.28. The average Bonchev–Trinajstić information content (AvgIpc) is 3.10. The molecule has 3 heterocycles. The second-order valence-corrected chi connectivity index (χ2v) is 5.37. The third-order valence-electron chi connectivity index (χ3n) is 3.95. The topological polar surface area (TPSA) is 77.2 Å². The van der Waals surface area contributed by atoms with Crippen LogP contribution in [0.15, 0.2) is 28.7 Å². The number of anilines is 1. The van der Waals surface area contributed by atoms with Crippen molar-refractivity contribution < 1.29 is 9.15 Å². The predicted molar refractivity (Wildman–Crippen MR) is 85.2 cm³/mol. The molecule has 1 fully saturated rings. The van der Waals surface area contributed by atoms with Gasteiger partial charge in [-0.2, -0.15) is 0 Å². The summed E-state index contributed by atoms with van der Waals surface area (Å²) in [7, 11) is 0. The summed E-state index contributed by atoms with van der Waals surface area (Å²) in [4.78, 5) is 2.20. The molecule has 23 heavy (non-hydrogen) atoms. The molecule has 7 nitrogen and oxygen atoms in total. The first kappa shape index (κ1) is 14.1. The third kappa shape index (κ3) is 2.53. The number of hydrogen-bond donors (Lipinski definition) is 0. The zero-order valence-corrected chi connectivity index (χ0v) is 12.9. The highest BCUT2D eigenvalue weighted by atomic mass is 16.5. The lowest BCUT2D eigenvalue weighted by Crippen LogP contribution is -2.37. The molecule has 118 valence electrons. The minimum Gasteiger partial charge on any atom is -0.419 e. The maximum atomic E-state index is 5.65. The number of morpholine rings is 1. The van der Waals surface area contributed by atoms with Gasteiger partial charge >= 0.3 is 0 Å². The number of aromatic nitrogens is 4. The fourth-order valence-electron chi connectivity index (χ4n) is 2.75. The van der Waals surface area contributed by atoms with E-state index in [1.807, 2.05) is 25.1 Å². The first-order chi connectivity index (χ1) is 11.4. The van der Waals surface area contributed by atoms with Gasteiger partial charge in [-0.25, -0.2) is 0 Å². The highest BCUT2D eigenvalue weighted by Crippen LogP contribution is 2.31. The van der Waals surface area contributed by atoms with E-state index in [0.717, 1.165) is 29.7 Å². The Hall–Kier alpha value is -2.54. The van der Waals surface area contributed by atoms with Crippen LogP contribution in [0, 0.1) is 0 Å². The van der Waals surface area contributed by atoms with Crippen molar-refractivity contribution in [2.24, 2.45) is 0 Å². The van der Waals surface area contributed by atoms with Crippen LogP contribution < -0.4 is 4.90 Å². The molecule has 1 aromatic carbocycles. The molecule has 0 unspecified atom stereocenters. The largest absolute Gasteiger partial charge is 0.419 e. The molecule has 7 heteroatoms. The zero-order valence-electron chi connectivity index (χ0n) is 12.9. The van der Waals surface area contributed by atoms with Gasteiger partial charge in [0.25, 0.3) is 5.89 Å². The van der Waals surface area contributed by atoms with Gasteiger partial charge in [-0.1, -0.05) is 31.2 Å². The SMILES string of the molecule is CCc1nnc(-c2nnc(N3CCOCC3)c3ccccc23)o1. The number of benzene rings is 1. The third-order valence-corrected chi connectivity index (χ3v) is 3.95. The predicted octanol–water partition coefficient (Wildman–Crippen LogP) is 2.08. The molecule has 3 aromatic rings. The Morgan fingerprint density at radius 3 is 2.52 bits per heavy atom. The van der Waals surface area contributed by atoms with Gasteiger partial charge < -0.3 is 14.1 Å². The molecule has 0 bridgehead atoms. The summed E-state index contributed by atoms with van der Waals surface area (Å²) in [5.41, 5.74) is 0.629. The summed E-state index contributed by atoms with van der Waals surface area (Å²) in [6.45, 7) is 5.03. The Labute approximate surface area is 133 Å². The van der Waals surface area contributed by atoms with Crippen molar-refractivity contribution in [2.75, 3.05) is 31.2 Å². The Morgan fingerprint density at radius 1 is 1.00 bits per heavy atom. The Kier molecular flexibility index (Phi) is 3.63. The summed E-state index contributed by atoms with van der Waals surface area (Å²) in [5.74, 6) is 1.89. The average molecular weight is 311 g/mol. The Balaban J connectivity index is 1.84. The summed E-state index contributed by atoms with van der Waals surface area (Å²) in [6, 6.07) is 8.05. The highest BCUT2D eigenvalue weighted by molar-refractivity contribution is 5.99. The molecule has 0 saturated carbocycles. The van der Waals surface area contributed by atoms with E-state index < -0.39 is 0 Å². The molecule has 1 saturated heterocycles. The van der Waals surface area contributed by atoms with Crippen LogP contribution >= 0.6 is 0 Å². The quantitative estimate of drug-likeness (QED) is 0.732. The number of hydrogen-bond acceptors (Lipinski definition) is 7. The minimum atomic E-state index is 0.416. The molecule has 2 aromatic heterocycles. The van der Waals surface area contributed by atoms with Gasteiger partial charge in [-0.15, -0.1) is 20.4 Å². The highest BCUT2D eigenvalue weighted by Gasteiger charge is 2.20. The second kappa shape index (κ2) is 5.92. The van der Waals surface area contributed by atoms with E-state index in [2.05, 4.69) is 31.4 Å². The minimum absolute atomic E-state index is 0.416. The molecule has 0 radical (unpaired) electrons. The van der Waals surface area contributed by atoms with Crippen LogP contribution in [0.5, 0.6) is 0 Å². The maximum absolute atomic E-state index is 5.65. The van der Waals surface area contributed by atoms with E-state index >= 15 is 0 Å². The molecule has 0 N–H and O–H groups in total. The van der Waals surface area contributed by atoms with Gasteiger partial charge in [-0.3, -0.25) is 0 Å². The number of fused-ring (bicyclic) bond motifs is 1. The number of rotatable bonds is 3. The van der Waals surface area contributed by atoms with Crippen molar-refractivity contribution in [1.29, 1.82) is 0 Å². The molecule has 0 atom stereocenters. The fourth-order valence-corrected chi connectivity index (χ4v) is 2.75. The molecule has 0 aliphatic carbocycles. The summed E-state index contributed by atoms with van der Waals surface area (Å²) in [6.07, 6.45) is 0.699. The van der Waals surface area contributed by atoms with Crippen molar-refractivity contribution in [3.05, 3.63) is 30.2 Å². The summed E-state index contributed by atoms with van der Waals surface area (Å²) >= 11 is 0. The van der Waals surface area contributed by atoms with E-state index in [9.17, 15) is 0 Å². The number of ether oxygens (including phenoxy) is 1. The standard InChI is InChI=1S/C16H17N5O2/c1-2-13-17-20-16(23-13)14-11-5-3-4-6-12(11)15(19-18-14)21-7-9-22-10-8-21/h3-6H,2,7-10H2,1H3. The van der Waals surface area contributed by atoms with E-state index in [4.69, 9.17) is 9.15 Å². The van der Waals surface area contributed by atoms with Crippen molar-refractivity contribution in [3.8, 4) is 11.6 Å². The van der Waals surface area contributed by atoms with Gasteiger partial charge in [0.2, 0.25) is 5.89 Å². The molecule has 0 spiro atoms. The van der Waals surface area contributed by atoms with Crippen LogP contribution in [-0.2, 0) is 11.2 Å². The Morgan fingerprint density at radius 2 is 1.78 bits per heavy atom. The number of aryl methyl sites for hydroxylation is 1. The van der Waals surface area contributed by atoms with Crippen molar-refractivity contribution >= 4 is 16.6 Å². The number of nitrogens with zero attached hydrogens (tertiary/aromatic N) is 5. The van der Waals surface area contributed by atoms with E-state index in [-0.39, 0.29) is 0 Å². The summed E-state index contributed by atoms with van der Waals surface area (Å²) < 4.78 is 11.1. The second-order valence-electron chi connectivity index (χ2n) is 5.37. The van der Waals surface area contributed by atoms with Gasteiger partial charge in [-0.05, 0) is 0 Å². The van der Waals surface area contributed by atoms with Crippen LogP contribution in [0.4, 0.5) is 5.82 Å². The van der Waals surface area contributed by atoms with Crippen LogP contribution in [-0.4, -0.2) is 46.7 Å².